The van der Waals surface area contributed by atoms with Gasteiger partial charge < -0.3 is 0 Å². The summed E-state index contributed by atoms with van der Waals surface area (Å²) in [5.74, 6) is 0. The molecule has 0 spiro atoms. The molecule has 0 aliphatic carbocycles. The average molecular weight is 422 g/mol. The van der Waals surface area contributed by atoms with E-state index in [9.17, 15) is 13.2 Å². The zero-order chi connectivity index (χ0) is 18.2. The summed E-state index contributed by atoms with van der Waals surface area (Å²) in [4.78, 5) is 12.9. The Morgan fingerprint density at radius 2 is 1.72 bits per heavy atom. The molecule has 8 heteroatoms. The Hall–Kier alpha value is -2.32. The van der Waals surface area contributed by atoms with Crippen molar-refractivity contribution < 1.29 is 8.42 Å². The second-order valence-electron chi connectivity index (χ2n) is 5.50. The highest BCUT2D eigenvalue weighted by Gasteiger charge is 2.22. The molecule has 3 rings (SSSR count). The molecule has 0 radical (unpaired) electrons. The molecule has 0 amide bonds. The van der Waals surface area contributed by atoms with E-state index >= 15 is 0 Å². The molecule has 0 fully saturated rings. The quantitative estimate of drug-likeness (QED) is 0.703. The number of sulfonamides is 1. The SMILES string of the molecule is Cc1c(NS(=O)(=O)c2cccc(Br)c2)c(=O)n(-c2ccccc2)n1C. The molecule has 3 aromatic rings. The zero-order valence-electron chi connectivity index (χ0n) is 13.6. The van der Waals surface area contributed by atoms with Gasteiger partial charge in [0.05, 0.1) is 16.3 Å². The Kier molecular flexibility index (Phi) is 4.57. The zero-order valence-corrected chi connectivity index (χ0v) is 16.0. The van der Waals surface area contributed by atoms with Gasteiger partial charge in [-0.25, -0.2) is 13.1 Å². The summed E-state index contributed by atoms with van der Waals surface area (Å²) < 4.78 is 31.4. The summed E-state index contributed by atoms with van der Waals surface area (Å²) in [5, 5.41) is 0. The van der Waals surface area contributed by atoms with Gasteiger partial charge in [-0.05, 0) is 37.3 Å². The second-order valence-corrected chi connectivity index (χ2v) is 8.10. The van der Waals surface area contributed by atoms with E-state index in [0.29, 0.717) is 15.9 Å². The van der Waals surface area contributed by atoms with Crippen molar-refractivity contribution in [3.63, 3.8) is 0 Å². The minimum absolute atomic E-state index is 0.0336. The first kappa shape index (κ1) is 17.5. The number of halogens is 1. The summed E-state index contributed by atoms with van der Waals surface area (Å²) in [5.41, 5.74) is 0.787. The van der Waals surface area contributed by atoms with Crippen molar-refractivity contribution in [1.29, 1.82) is 0 Å². The molecule has 6 nitrogen and oxygen atoms in total. The smallest absolute Gasteiger partial charge is 0.283 e. The van der Waals surface area contributed by atoms with Gasteiger partial charge in [0.1, 0.15) is 5.69 Å². The van der Waals surface area contributed by atoms with Gasteiger partial charge in [-0.1, -0.05) is 40.2 Å². The minimum atomic E-state index is -3.87. The van der Waals surface area contributed by atoms with E-state index in [1.165, 1.54) is 16.8 Å². The number of nitrogens with one attached hydrogen (secondary N) is 1. The van der Waals surface area contributed by atoms with E-state index in [4.69, 9.17) is 0 Å². The Labute approximate surface area is 153 Å². The Morgan fingerprint density at radius 1 is 1.04 bits per heavy atom. The van der Waals surface area contributed by atoms with Crippen LogP contribution in [0.3, 0.4) is 0 Å². The van der Waals surface area contributed by atoms with Crippen LogP contribution in [0.5, 0.6) is 0 Å². The van der Waals surface area contributed by atoms with Crippen molar-refractivity contribution >= 4 is 31.6 Å². The van der Waals surface area contributed by atoms with E-state index in [2.05, 4.69) is 20.7 Å². The number of benzene rings is 2. The number of hydrogen-bond donors (Lipinski definition) is 1. The fraction of sp³-hybridized carbons (Fsp3) is 0.118. The van der Waals surface area contributed by atoms with Gasteiger partial charge in [0.2, 0.25) is 0 Å². The van der Waals surface area contributed by atoms with Crippen LogP contribution in [0.25, 0.3) is 5.69 Å². The van der Waals surface area contributed by atoms with Gasteiger partial charge in [-0.15, -0.1) is 0 Å². The van der Waals surface area contributed by atoms with Crippen molar-refractivity contribution in [3.8, 4) is 5.69 Å². The van der Waals surface area contributed by atoms with Gasteiger partial charge in [0.15, 0.2) is 0 Å². The first-order valence-corrected chi connectivity index (χ1v) is 9.71. The van der Waals surface area contributed by atoms with Gasteiger partial charge in [0.25, 0.3) is 15.6 Å². The van der Waals surface area contributed by atoms with E-state index in [-0.39, 0.29) is 10.6 Å². The van der Waals surface area contributed by atoms with E-state index in [1.54, 1.807) is 42.9 Å². The summed E-state index contributed by atoms with van der Waals surface area (Å²) in [7, 11) is -2.16. The number of aromatic nitrogens is 2. The van der Waals surface area contributed by atoms with Crippen LogP contribution in [0.4, 0.5) is 5.69 Å². The minimum Gasteiger partial charge on any atom is -0.283 e. The van der Waals surface area contributed by atoms with Crippen LogP contribution in [-0.2, 0) is 17.1 Å². The summed E-state index contributed by atoms with van der Waals surface area (Å²) >= 11 is 3.25. The highest BCUT2D eigenvalue weighted by Crippen LogP contribution is 2.21. The van der Waals surface area contributed by atoms with Crippen molar-refractivity contribution in [1.82, 2.24) is 9.36 Å². The number of anilines is 1. The standard InChI is InChI=1S/C17H16BrN3O3S/c1-12-16(19-25(23,24)15-10-6-7-13(18)11-15)17(22)21(20(12)2)14-8-4-3-5-9-14/h3-11,19H,1-2H3. The fourth-order valence-corrected chi connectivity index (χ4v) is 4.23. The molecule has 1 heterocycles. The van der Waals surface area contributed by atoms with Crippen LogP contribution in [0, 0.1) is 6.92 Å². The predicted molar refractivity (Wildman–Crippen MR) is 101 cm³/mol. The topological polar surface area (TPSA) is 73.1 Å². The Bertz CT molecular complexity index is 1090. The highest BCUT2D eigenvalue weighted by atomic mass is 79.9. The van der Waals surface area contributed by atoms with Crippen molar-refractivity contribution in [2.75, 3.05) is 4.72 Å². The first-order chi connectivity index (χ1) is 11.8. The summed E-state index contributed by atoms with van der Waals surface area (Å²) in [6.45, 7) is 1.69. The van der Waals surface area contributed by atoms with Crippen molar-refractivity contribution in [3.05, 3.63) is 75.1 Å². The Balaban J connectivity index is 2.09. The lowest BCUT2D eigenvalue weighted by molar-refractivity contribution is 0.601. The largest absolute Gasteiger partial charge is 0.296 e. The third-order valence-electron chi connectivity index (χ3n) is 3.90. The molecular formula is C17H16BrN3O3S. The number of rotatable bonds is 4. The van der Waals surface area contributed by atoms with Crippen LogP contribution in [-0.4, -0.2) is 17.8 Å². The molecule has 1 aromatic heterocycles. The molecule has 0 atom stereocenters. The second kappa shape index (κ2) is 6.53. The van der Waals surface area contributed by atoms with Crippen LogP contribution >= 0.6 is 15.9 Å². The molecule has 0 aliphatic heterocycles. The van der Waals surface area contributed by atoms with Crippen LogP contribution in [0.15, 0.2) is 68.8 Å². The average Bonchev–Trinajstić information content (AvgIpc) is 2.79. The fourth-order valence-electron chi connectivity index (χ4n) is 2.51. The highest BCUT2D eigenvalue weighted by molar-refractivity contribution is 9.10. The molecule has 0 saturated carbocycles. The Morgan fingerprint density at radius 3 is 2.36 bits per heavy atom. The third kappa shape index (κ3) is 3.27. The normalized spacial score (nSPS) is 11.5. The molecule has 0 bridgehead atoms. The van der Waals surface area contributed by atoms with Crippen LogP contribution in [0.1, 0.15) is 5.69 Å². The molecule has 2 aromatic carbocycles. The van der Waals surface area contributed by atoms with Gasteiger partial charge in [-0.3, -0.25) is 14.2 Å². The maximum Gasteiger partial charge on any atom is 0.296 e. The van der Waals surface area contributed by atoms with E-state index < -0.39 is 15.6 Å². The molecule has 0 saturated heterocycles. The molecule has 0 unspecified atom stereocenters. The number of hydrogen-bond acceptors (Lipinski definition) is 3. The molecule has 1 N–H and O–H groups in total. The van der Waals surface area contributed by atoms with Gasteiger partial charge >= 0.3 is 0 Å². The lowest BCUT2D eigenvalue weighted by Crippen LogP contribution is -2.23. The number of para-hydroxylation sites is 1. The van der Waals surface area contributed by atoms with Gasteiger partial charge in [-0.2, -0.15) is 0 Å². The third-order valence-corrected chi connectivity index (χ3v) is 5.74. The maximum atomic E-state index is 12.8. The molecule has 0 aliphatic rings. The monoisotopic (exact) mass is 421 g/mol. The number of nitrogens with zero attached hydrogens (tertiary/aromatic N) is 2. The molecular weight excluding hydrogens is 406 g/mol. The van der Waals surface area contributed by atoms with Crippen LogP contribution in [0.2, 0.25) is 0 Å². The van der Waals surface area contributed by atoms with Crippen molar-refractivity contribution in [2.24, 2.45) is 7.05 Å². The van der Waals surface area contributed by atoms with E-state index in [1.807, 2.05) is 18.2 Å². The maximum absolute atomic E-state index is 12.8. The summed E-state index contributed by atoms with van der Waals surface area (Å²) in [6, 6.07) is 15.4. The van der Waals surface area contributed by atoms with Crippen molar-refractivity contribution in [2.45, 2.75) is 11.8 Å². The lowest BCUT2D eigenvalue weighted by atomic mass is 10.3. The lowest BCUT2D eigenvalue weighted by Gasteiger charge is -2.07. The molecule has 130 valence electrons. The van der Waals surface area contributed by atoms with E-state index in [0.717, 1.165) is 0 Å². The first-order valence-electron chi connectivity index (χ1n) is 7.43. The van der Waals surface area contributed by atoms with Gasteiger partial charge in [0, 0.05) is 11.5 Å². The molecule has 25 heavy (non-hydrogen) atoms. The van der Waals surface area contributed by atoms with Crippen LogP contribution < -0.4 is 10.3 Å². The summed E-state index contributed by atoms with van der Waals surface area (Å²) in [6.07, 6.45) is 0. The predicted octanol–water partition coefficient (Wildman–Crippen LogP) is 3.05.